The molecule has 0 aromatic heterocycles. The van der Waals surface area contributed by atoms with Gasteiger partial charge in [0, 0.05) is 32.0 Å². The zero-order chi connectivity index (χ0) is 23.8. The highest BCUT2D eigenvalue weighted by Crippen LogP contribution is 2.21. The van der Waals surface area contributed by atoms with Gasteiger partial charge >= 0.3 is 17.9 Å². The summed E-state index contributed by atoms with van der Waals surface area (Å²) in [7, 11) is 0. The lowest BCUT2D eigenvalue weighted by molar-refractivity contribution is -0.326. The van der Waals surface area contributed by atoms with E-state index in [0.717, 1.165) is 19.4 Å². The molecule has 1 aromatic carbocycles. The molecular formula is C21H28ClNO8. The molecule has 9 nitrogen and oxygen atoms in total. The van der Waals surface area contributed by atoms with Gasteiger partial charge in [-0.15, -0.1) is 11.6 Å². The van der Waals surface area contributed by atoms with E-state index < -0.39 is 41.6 Å². The fourth-order valence-electron chi connectivity index (χ4n) is 2.38. The van der Waals surface area contributed by atoms with Crippen molar-refractivity contribution in [3.63, 3.8) is 0 Å². The Balaban J connectivity index is 3.33. The maximum atomic E-state index is 13.3. The zero-order valence-electron chi connectivity index (χ0n) is 18.5. The zero-order valence-corrected chi connectivity index (χ0v) is 19.2. The maximum Gasteiger partial charge on any atom is 0.387 e. The molecule has 1 amide bonds. The van der Waals surface area contributed by atoms with E-state index in [4.69, 9.17) is 30.8 Å². The molecule has 0 radical (unpaired) electrons. The van der Waals surface area contributed by atoms with Gasteiger partial charge in [0.25, 0.3) is 5.91 Å². The molecule has 10 heteroatoms. The molecule has 31 heavy (non-hydrogen) atoms. The van der Waals surface area contributed by atoms with Gasteiger partial charge in [0.2, 0.25) is 12.2 Å². The van der Waals surface area contributed by atoms with Crippen molar-refractivity contribution in [2.45, 2.75) is 59.4 Å². The number of carbonyl (C=O) groups excluding carboxylic acids is 4. The summed E-state index contributed by atoms with van der Waals surface area (Å²) < 4.78 is 10.1. The average Bonchev–Trinajstić information content (AvgIpc) is 2.66. The third-order valence-electron chi connectivity index (χ3n) is 3.63. The molecule has 0 unspecified atom stereocenters. The molecule has 0 aliphatic carbocycles. The molecular weight excluding hydrogens is 430 g/mol. The highest BCUT2D eigenvalue weighted by molar-refractivity contribution is 6.18. The number of aryl methyl sites for hydroxylation is 1. The smallest absolute Gasteiger partial charge is 0.387 e. The Morgan fingerprint density at radius 2 is 1.48 bits per heavy atom. The van der Waals surface area contributed by atoms with Crippen LogP contribution in [0.25, 0.3) is 0 Å². The highest BCUT2D eigenvalue weighted by Gasteiger charge is 2.44. The third kappa shape index (κ3) is 8.94. The van der Waals surface area contributed by atoms with E-state index in [9.17, 15) is 19.2 Å². The second-order valence-electron chi connectivity index (χ2n) is 7.67. The molecule has 172 valence electrons. The molecule has 1 aromatic rings. The first-order valence-corrected chi connectivity index (χ1v) is 10.1. The minimum atomic E-state index is -1.89. The van der Waals surface area contributed by atoms with Crippen LogP contribution >= 0.6 is 11.6 Å². The number of anilines is 1. The standard InChI is InChI=1S/C21H28ClNO8/c1-13-7-9-16(10-8-13)23(12-11-22)19(26)17(28-14(2)24)18(29-15(3)25)20(27)30-31-21(4,5)6/h7-10,17-18H,11-12H2,1-6H3/t17-,18-/m1/s1. The van der Waals surface area contributed by atoms with Crippen molar-refractivity contribution in [2.75, 3.05) is 17.3 Å². The predicted molar refractivity (Wildman–Crippen MR) is 112 cm³/mol. The van der Waals surface area contributed by atoms with Crippen molar-refractivity contribution in [1.82, 2.24) is 0 Å². The summed E-state index contributed by atoms with van der Waals surface area (Å²) >= 11 is 5.86. The molecule has 0 aliphatic rings. The van der Waals surface area contributed by atoms with Gasteiger partial charge in [-0.1, -0.05) is 17.7 Å². The number of halogens is 1. The van der Waals surface area contributed by atoms with Gasteiger partial charge in [0.1, 0.15) is 5.60 Å². The number of nitrogens with zero attached hydrogens (tertiary/aromatic N) is 1. The van der Waals surface area contributed by atoms with Gasteiger partial charge < -0.3 is 14.4 Å². The highest BCUT2D eigenvalue weighted by atomic mass is 35.5. The first kappa shape index (κ1) is 26.4. The van der Waals surface area contributed by atoms with Crippen LogP contribution in [0.1, 0.15) is 40.2 Å². The van der Waals surface area contributed by atoms with Gasteiger partial charge in [-0.25, -0.2) is 4.79 Å². The topological polar surface area (TPSA) is 108 Å². The Hall–Kier alpha value is -2.65. The summed E-state index contributed by atoms with van der Waals surface area (Å²) in [5, 5.41) is 0. The normalized spacial score (nSPS) is 13.0. The summed E-state index contributed by atoms with van der Waals surface area (Å²) in [5.41, 5.74) is 0.540. The van der Waals surface area contributed by atoms with Crippen LogP contribution in [0.15, 0.2) is 24.3 Å². The molecule has 0 spiro atoms. The van der Waals surface area contributed by atoms with Crippen LogP contribution < -0.4 is 4.90 Å². The molecule has 0 saturated heterocycles. The Bertz CT molecular complexity index is 788. The number of benzene rings is 1. The quantitative estimate of drug-likeness (QED) is 0.241. The Labute approximate surface area is 186 Å². The summed E-state index contributed by atoms with van der Waals surface area (Å²) in [5.74, 6) is -3.72. The lowest BCUT2D eigenvalue weighted by atomic mass is 10.1. The monoisotopic (exact) mass is 457 g/mol. The Kier molecular flexibility index (Phi) is 9.93. The van der Waals surface area contributed by atoms with Crippen molar-refractivity contribution < 1.29 is 38.4 Å². The van der Waals surface area contributed by atoms with E-state index in [1.54, 1.807) is 45.0 Å². The first-order chi connectivity index (χ1) is 14.4. The van der Waals surface area contributed by atoms with Crippen molar-refractivity contribution in [2.24, 2.45) is 0 Å². The van der Waals surface area contributed by atoms with Crippen LogP contribution in [-0.2, 0) is 38.4 Å². The van der Waals surface area contributed by atoms with E-state index in [0.29, 0.717) is 5.69 Å². The lowest BCUT2D eigenvalue weighted by Crippen LogP contribution is -2.52. The summed E-state index contributed by atoms with van der Waals surface area (Å²) in [6.07, 6.45) is -3.71. The Morgan fingerprint density at radius 1 is 0.968 bits per heavy atom. The van der Waals surface area contributed by atoms with Crippen molar-refractivity contribution in [3.8, 4) is 0 Å². The fraction of sp³-hybridized carbons (Fsp3) is 0.524. The number of amides is 1. The van der Waals surface area contributed by atoms with E-state index in [2.05, 4.69) is 0 Å². The molecule has 0 bridgehead atoms. The summed E-state index contributed by atoms with van der Waals surface area (Å²) in [6, 6.07) is 6.90. The van der Waals surface area contributed by atoms with Crippen LogP contribution in [0.3, 0.4) is 0 Å². The van der Waals surface area contributed by atoms with Crippen LogP contribution in [0.2, 0.25) is 0 Å². The lowest BCUT2D eigenvalue weighted by Gasteiger charge is -2.30. The van der Waals surface area contributed by atoms with Gasteiger partial charge in [-0.2, -0.15) is 4.89 Å². The molecule has 0 N–H and O–H groups in total. The molecule has 0 fully saturated rings. The van der Waals surface area contributed by atoms with Gasteiger partial charge in [-0.3, -0.25) is 19.3 Å². The first-order valence-electron chi connectivity index (χ1n) is 9.53. The van der Waals surface area contributed by atoms with Crippen LogP contribution in [0.5, 0.6) is 0 Å². The minimum Gasteiger partial charge on any atom is -0.448 e. The van der Waals surface area contributed by atoms with Gasteiger partial charge in [0.15, 0.2) is 0 Å². The number of hydrogen-bond donors (Lipinski definition) is 0. The van der Waals surface area contributed by atoms with Crippen LogP contribution in [0, 0.1) is 6.92 Å². The van der Waals surface area contributed by atoms with E-state index in [-0.39, 0.29) is 12.4 Å². The maximum absolute atomic E-state index is 13.3. The number of carbonyl (C=O) groups is 4. The van der Waals surface area contributed by atoms with Gasteiger partial charge in [0.05, 0.1) is 0 Å². The van der Waals surface area contributed by atoms with E-state index >= 15 is 0 Å². The molecule has 0 aliphatic heterocycles. The van der Waals surface area contributed by atoms with E-state index in [1.807, 2.05) is 6.92 Å². The van der Waals surface area contributed by atoms with E-state index in [1.165, 1.54) is 4.90 Å². The van der Waals surface area contributed by atoms with Crippen molar-refractivity contribution >= 4 is 41.1 Å². The Morgan fingerprint density at radius 3 is 1.94 bits per heavy atom. The van der Waals surface area contributed by atoms with Crippen molar-refractivity contribution in [3.05, 3.63) is 29.8 Å². The second kappa shape index (κ2) is 11.7. The van der Waals surface area contributed by atoms with Crippen LogP contribution in [-0.4, -0.2) is 54.0 Å². The number of alkyl halides is 1. The molecule has 0 saturated carbocycles. The minimum absolute atomic E-state index is 0.0432. The number of hydrogen-bond acceptors (Lipinski definition) is 8. The molecule has 1 rings (SSSR count). The van der Waals surface area contributed by atoms with Crippen LogP contribution in [0.4, 0.5) is 5.69 Å². The SMILES string of the molecule is CC(=O)O[C@@H](C(=O)OOC(C)(C)C)[C@@H](OC(C)=O)C(=O)N(CCCl)c1ccc(C)cc1. The molecule has 0 heterocycles. The van der Waals surface area contributed by atoms with Gasteiger partial charge in [-0.05, 0) is 39.8 Å². The fourth-order valence-corrected chi connectivity index (χ4v) is 2.54. The summed E-state index contributed by atoms with van der Waals surface area (Å²) in [4.78, 5) is 60.2. The number of rotatable bonds is 9. The average molecular weight is 458 g/mol. The number of ether oxygens (including phenoxy) is 2. The largest absolute Gasteiger partial charge is 0.448 e. The number of esters is 2. The third-order valence-corrected chi connectivity index (χ3v) is 3.80. The molecule has 2 atom stereocenters. The predicted octanol–water partition coefficient (Wildman–Crippen LogP) is 2.70. The summed E-state index contributed by atoms with van der Waals surface area (Å²) in [6.45, 7) is 8.87. The second-order valence-corrected chi connectivity index (χ2v) is 8.05. The van der Waals surface area contributed by atoms with Crippen molar-refractivity contribution in [1.29, 1.82) is 0 Å².